The van der Waals surface area contributed by atoms with Gasteiger partial charge in [-0.3, -0.25) is 4.79 Å². The number of Topliss-reactive ketones (excluding diaryl/α,β-unsaturated/α-hetero) is 1. The van der Waals surface area contributed by atoms with E-state index in [9.17, 15) is 18.7 Å². The van der Waals surface area contributed by atoms with E-state index in [-0.39, 0.29) is 23.3 Å². The van der Waals surface area contributed by atoms with Crippen molar-refractivity contribution in [2.24, 2.45) is 11.3 Å². The lowest BCUT2D eigenvalue weighted by atomic mass is 9.63. The molecular formula is C26H26F2O3. The molecule has 1 spiro atoms. The first-order valence-electron chi connectivity index (χ1n) is 11.1. The van der Waals surface area contributed by atoms with Crippen molar-refractivity contribution in [2.45, 2.75) is 56.8 Å². The smallest absolute Gasteiger partial charge is 0.169 e. The second-order valence-electron chi connectivity index (χ2n) is 9.25. The molecule has 3 nitrogen and oxygen atoms in total. The number of carbonyl (C=O) groups is 1. The summed E-state index contributed by atoms with van der Waals surface area (Å²) in [6, 6.07) is 12.1. The van der Waals surface area contributed by atoms with Gasteiger partial charge in [0.25, 0.3) is 0 Å². The van der Waals surface area contributed by atoms with Crippen molar-refractivity contribution in [1.82, 2.24) is 0 Å². The fourth-order valence-corrected chi connectivity index (χ4v) is 5.75. The lowest BCUT2D eigenvalue weighted by Crippen LogP contribution is -2.55. The Morgan fingerprint density at radius 1 is 0.968 bits per heavy atom. The van der Waals surface area contributed by atoms with Crippen LogP contribution in [0.1, 0.15) is 62.2 Å². The maximum Gasteiger partial charge on any atom is 0.169 e. The monoisotopic (exact) mass is 424 g/mol. The summed E-state index contributed by atoms with van der Waals surface area (Å²) in [7, 11) is 0. The minimum absolute atomic E-state index is 0.0266. The van der Waals surface area contributed by atoms with Crippen LogP contribution in [0.15, 0.2) is 54.1 Å². The summed E-state index contributed by atoms with van der Waals surface area (Å²) >= 11 is 0. The Balaban J connectivity index is 1.54. The molecule has 0 radical (unpaired) electrons. The number of hydrogen-bond acceptors (Lipinski definition) is 3. The quantitative estimate of drug-likeness (QED) is 0.626. The van der Waals surface area contributed by atoms with Gasteiger partial charge in [0.05, 0.1) is 11.5 Å². The Hall–Kier alpha value is -2.37. The molecule has 31 heavy (non-hydrogen) atoms. The van der Waals surface area contributed by atoms with E-state index in [4.69, 9.17) is 4.74 Å². The van der Waals surface area contributed by atoms with E-state index >= 15 is 0 Å². The van der Waals surface area contributed by atoms with Crippen molar-refractivity contribution in [3.63, 3.8) is 0 Å². The van der Waals surface area contributed by atoms with E-state index in [1.54, 1.807) is 24.3 Å². The molecule has 5 rings (SSSR count). The van der Waals surface area contributed by atoms with Gasteiger partial charge in [-0.2, -0.15) is 0 Å². The van der Waals surface area contributed by atoms with E-state index in [2.05, 4.69) is 0 Å². The normalized spacial score (nSPS) is 34.3. The van der Waals surface area contributed by atoms with Crippen LogP contribution >= 0.6 is 0 Å². The number of carbonyl (C=O) groups excluding carboxylic acids is 1. The summed E-state index contributed by atoms with van der Waals surface area (Å²) in [6.45, 7) is 0. The third-order valence-electron chi connectivity index (χ3n) is 7.38. The van der Waals surface area contributed by atoms with Crippen LogP contribution in [0.5, 0.6) is 0 Å². The van der Waals surface area contributed by atoms with E-state index in [1.807, 2.05) is 6.08 Å². The standard InChI is InChI=1S/C26H26F2O3/c27-21-8-4-17(5-9-21)15-19-12-14-25(23(19)29)16-20-3-1-2-13-26(20,30)31-24(25)18-6-10-22(28)11-7-18/h4-11,15,20,24,30H,1-3,12-14,16H2/t20-,24-,25-,26+/m1/s1. The third kappa shape index (κ3) is 3.54. The van der Waals surface area contributed by atoms with Gasteiger partial charge in [-0.15, -0.1) is 0 Å². The Bertz CT molecular complexity index is 1010. The Morgan fingerprint density at radius 2 is 1.65 bits per heavy atom. The summed E-state index contributed by atoms with van der Waals surface area (Å²) in [5.74, 6) is -1.97. The van der Waals surface area contributed by atoms with Gasteiger partial charge in [0, 0.05) is 12.3 Å². The number of hydrogen-bond donors (Lipinski definition) is 1. The van der Waals surface area contributed by atoms with Crippen LogP contribution in [0, 0.1) is 23.0 Å². The number of benzene rings is 2. The highest BCUT2D eigenvalue weighted by atomic mass is 19.1. The summed E-state index contributed by atoms with van der Waals surface area (Å²) in [6.07, 6.45) is 6.27. The molecule has 1 saturated heterocycles. The van der Waals surface area contributed by atoms with Gasteiger partial charge in [-0.1, -0.05) is 30.7 Å². The maximum atomic E-state index is 13.8. The number of ether oxygens (including phenoxy) is 1. The van der Waals surface area contributed by atoms with E-state index in [0.717, 1.165) is 30.4 Å². The molecule has 0 bridgehead atoms. The van der Waals surface area contributed by atoms with Crippen molar-refractivity contribution in [2.75, 3.05) is 0 Å². The summed E-state index contributed by atoms with van der Waals surface area (Å²) in [5, 5.41) is 11.3. The van der Waals surface area contributed by atoms with Crippen molar-refractivity contribution in [1.29, 1.82) is 0 Å². The highest BCUT2D eigenvalue weighted by Crippen LogP contribution is 2.60. The maximum absolute atomic E-state index is 13.8. The van der Waals surface area contributed by atoms with E-state index in [0.29, 0.717) is 31.3 Å². The molecule has 1 N–H and O–H groups in total. The molecule has 162 valence electrons. The molecule has 1 heterocycles. The molecule has 1 aliphatic heterocycles. The number of halogens is 2. The molecule has 0 unspecified atom stereocenters. The molecule has 0 amide bonds. The first-order chi connectivity index (χ1) is 14.9. The predicted octanol–water partition coefficient (Wildman–Crippen LogP) is 5.74. The van der Waals surface area contributed by atoms with Crippen LogP contribution in [-0.2, 0) is 9.53 Å². The summed E-state index contributed by atoms with van der Waals surface area (Å²) in [5.41, 5.74) is 1.42. The van der Waals surface area contributed by atoms with Crippen molar-refractivity contribution < 1.29 is 23.4 Å². The minimum atomic E-state index is -1.24. The largest absolute Gasteiger partial charge is 0.365 e. The lowest BCUT2D eigenvalue weighted by molar-refractivity contribution is -0.323. The zero-order valence-electron chi connectivity index (χ0n) is 17.3. The van der Waals surface area contributed by atoms with Crippen LogP contribution in [0.25, 0.3) is 6.08 Å². The van der Waals surface area contributed by atoms with Crippen LogP contribution in [0.2, 0.25) is 0 Å². The van der Waals surface area contributed by atoms with Gasteiger partial charge in [0.15, 0.2) is 11.6 Å². The fraction of sp³-hybridized carbons (Fsp3) is 0.423. The summed E-state index contributed by atoms with van der Waals surface area (Å²) in [4.78, 5) is 13.8. The Kier molecular flexibility index (Phi) is 5.06. The van der Waals surface area contributed by atoms with Gasteiger partial charge < -0.3 is 9.84 Å². The average Bonchev–Trinajstić information content (AvgIpc) is 3.06. The molecule has 2 aliphatic carbocycles. The van der Waals surface area contributed by atoms with Crippen molar-refractivity contribution >= 4 is 11.9 Å². The molecule has 2 aromatic rings. The molecular weight excluding hydrogens is 398 g/mol. The Labute approximate surface area is 180 Å². The summed E-state index contributed by atoms with van der Waals surface area (Å²) < 4.78 is 33.2. The fourth-order valence-electron chi connectivity index (χ4n) is 5.75. The number of allylic oxidation sites excluding steroid dienone is 1. The molecule has 0 aromatic heterocycles. The zero-order chi connectivity index (χ0) is 21.6. The van der Waals surface area contributed by atoms with Gasteiger partial charge in [0.1, 0.15) is 11.6 Å². The highest BCUT2D eigenvalue weighted by molar-refractivity contribution is 6.06. The second kappa shape index (κ2) is 7.64. The first-order valence-corrected chi connectivity index (χ1v) is 11.1. The van der Waals surface area contributed by atoms with Gasteiger partial charge in [-0.05, 0) is 79.1 Å². The molecule has 4 atom stereocenters. The highest BCUT2D eigenvalue weighted by Gasteiger charge is 2.61. The topological polar surface area (TPSA) is 46.5 Å². The Morgan fingerprint density at radius 3 is 2.35 bits per heavy atom. The molecule has 2 aromatic carbocycles. The third-order valence-corrected chi connectivity index (χ3v) is 7.38. The van der Waals surface area contributed by atoms with Gasteiger partial charge in [-0.25, -0.2) is 8.78 Å². The number of fused-ring (bicyclic) bond motifs is 1. The minimum Gasteiger partial charge on any atom is -0.365 e. The molecule has 2 saturated carbocycles. The number of rotatable bonds is 2. The number of ketones is 1. The van der Waals surface area contributed by atoms with Gasteiger partial charge in [0.2, 0.25) is 0 Å². The zero-order valence-corrected chi connectivity index (χ0v) is 17.3. The molecule has 5 heteroatoms. The van der Waals surface area contributed by atoms with Gasteiger partial charge >= 0.3 is 0 Å². The van der Waals surface area contributed by atoms with Crippen LogP contribution in [0.4, 0.5) is 8.78 Å². The van der Waals surface area contributed by atoms with Crippen LogP contribution in [0.3, 0.4) is 0 Å². The SMILES string of the molecule is O=C1C(=Cc2ccc(F)cc2)CC[C@@]12C[C@H]1CCCC[C@]1(O)O[C@@H]2c1ccc(F)cc1. The van der Waals surface area contributed by atoms with Crippen molar-refractivity contribution in [3.05, 3.63) is 76.9 Å². The molecule has 3 fully saturated rings. The van der Waals surface area contributed by atoms with Crippen LogP contribution in [-0.4, -0.2) is 16.7 Å². The number of aliphatic hydroxyl groups is 1. The predicted molar refractivity (Wildman–Crippen MR) is 113 cm³/mol. The average molecular weight is 424 g/mol. The van der Waals surface area contributed by atoms with Crippen molar-refractivity contribution in [3.8, 4) is 0 Å². The first kappa shape index (κ1) is 20.5. The molecule has 3 aliphatic rings. The lowest BCUT2D eigenvalue weighted by Gasteiger charge is -2.53. The second-order valence-corrected chi connectivity index (χ2v) is 9.25. The van der Waals surface area contributed by atoms with E-state index in [1.165, 1.54) is 24.3 Å². The van der Waals surface area contributed by atoms with E-state index < -0.39 is 17.3 Å². The van der Waals surface area contributed by atoms with Crippen LogP contribution < -0.4 is 0 Å².